The summed E-state index contributed by atoms with van der Waals surface area (Å²) in [4.78, 5) is 0. The van der Waals surface area contributed by atoms with Crippen molar-refractivity contribution in [3.63, 3.8) is 0 Å². The summed E-state index contributed by atoms with van der Waals surface area (Å²) in [5.74, 6) is 0. The fraction of sp³-hybridized carbons (Fsp3) is 0.818. The van der Waals surface area contributed by atoms with Gasteiger partial charge in [0.25, 0.3) is 0 Å². The summed E-state index contributed by atoms with van der Waals surface area (Å²) in [7, 11) is 0. The van der Waals surface area contributed by atoms with E-state index in [2.05, 4.69) is 42.4 Å². The number of halogens is 1. The van der Waals surface area contributed by atoms with Crippen molar-refractivity contribution in [2.45, 2.75) is 46.0 Å². The Labute approximate surface area is 85.6 Å². The lowest BCUT2D eigenvalue weighted by atomic mass is 9.79. The van der Waals surface area contributed by atoms with E-state index >= 15 is 0 Å². The third-order valence-corrected chi connectivity index (χ3v) is 3.86. The molecular weight excluding hydrogens is 212 g/mol. The standard InChI is InChI=1S/C11H21Br/c1-4-7-9-11(6-3,10-12)8-5-2/h5H,2,4,6-10H2,1,3H3. The van der Waals surface area contributed by atoms with Crippen LogP contribution in [0.5, 0.6) is 0 Å². The molecule has 0 nitrogen and oxygen atoms in total. The first kappa shape index (κ1) is 12.2. The second-order valence-corrected chi connectivity index (χ2v) is 4.14. The van der Waals surface area contributed by atoms with Crippen LogP contribution in [0.3, 0.4) is 0 Å². The van der Waals surface area contributed by atoms with E-state index in [1.54, 1.807) is 0 Å². The Kier molecular flexibility index (Phi) is 6.83. The molecule has 0 fully saturated rings. The summed E-state index contributed by atoms with van der Waals surface area (Å²) in [6, 6.07) is 0. The SMILES string of the molecule is C=CCC(CC)(CBr)CCCC. The second kappa shape index (κ2) is 6.71. The third kappa shape index (κ3) is 3.75. The van der Waals surface area contributed by atoms with E-state index < -0.39 is 0 Å². The highest BCUT2D eigenvalue weighted by atomic mass is 79.9. The molecule has 0 saturated carbocycles. The molecule has 0 aromatic carbocycles. The number of rotatable bonds is 7. The number of allylic oxidation sites excluding steroid dienone is 1. The van der Waals surface area contributed by atoms with Crippen molar-refractivity contribution in [2.75, 3.05) is 5.33 Å². The molecule has 0 aromatic rings. The van der Waals surface area contributed by atoms with Crippen molar-refractivity contribution in [3.05, 3.63) is 12.7 Å². The number of unbranched alkanes of at least 4 members (excludes halogenated alkanes) is 1. The maximum atomic E-state index is 3.83. The minimum absolute atomic E-state index is 0.484. The normalized spacial score (nSPS) is 15.6. The summed E-state index contributed by atoms with van der Waals surface area (Å²) in [6.45, 7) is 8.36. The minimum atomic E-state index is 0.484. The van der Waals surface area contributed by atoms with Crippen molar-refractivity contribution in [3.8, 4) is 0 Å². The van der Waals surface area contributed by atoms with E-state index in [4.69, 9.17) is 0 Å². The molecule has 0 aliphatic rings. The molecule has 0 N–H and O–H groups in total. The first-order valence-electron chi connectivity index (χ1n) is 4.91. The molecule has 1 unspecified atom stereocenters. The van der Waals surface area contributed by atoms with Crippen LogP contribution in [-0.2, 0) is 0 Å². The Balaban J connectivity index is 4.03. The molecule has 0 heterocycles. The average Bonchev–Trinajstić information content (AvgIpc) is 2.13. The highest BCUT2D eigenvalue weighted by Gasteiger charge is 2.24. The lowest BCUT2D eigenvalue weighted by molar-refractivity contribution is 0.290. The highest BCUT2D eigenvalue weighted by molar-refractivity contribution is 9.09. The topological polar surface area (TPSA) is 0 Å². The summed E-state index contributed by atoms with van der Waals surface area (Å²) >= 11 is 3.62. The zero-order chi connectivity index (χ0) is 9.45. The van der Waals surface area contributed by atoms with E-state index in [1.165, 1.54) is 25.7 Å². The van der Waals surface area contributed by atoms with Crippen LogP contribution >= 0.6 is 15.9 Å². The molecule has 0 saturated heterocycles. The molecule has 72 valence electrons. The van der Waals surface area contributed by atoms with Crippen LogP contribution < -0.4 is 0 Å². The lowest BCUT2D eigenvalue weighted by Crippen LogP contribution is -2.20. The van der Waals surface area contributed by atoms with E-state index in [-0.39, 0.29) is 0 Å². The molecule has 1 atom stereocenters. The van der Waals surface area contributed by atoms with Gasteiger partial charge in [-0.15, -0.1) is 6.58 Å². The quantitative estimate of drug-likeness (QED) is 0.447. The van der Waals surface area contributed by atoms with Gasteiger partial charge in [0.15, 0.2) is 0 Å². The van der Waals surface area contributed by atoms with Gasteiger partial charge in [-0.2, -0.15) is 0 Å². The van der Waals surface area contributed by atoms with E-state index in [0.717, 1.165) is 11.8 Å². The molecular formula is C11H21Br. The van der Waals surface area contributed by atoms with Crippen molar-refractivity contribution < 1.29 is 0 Å². The highest BCUT2D eigenvalue weighted by Crippen LogP contribution is 2.34. The van der Waals surface area contributed by atoms with Crippen molar-refractivity contribution >= 4 is 15.9 Å². The Morgan fingerprint density at radius 2 is 2.08 bits per heavy atom. The Bertz CT molecular complexity index is 114. The molecule has 1 heteroatoms. The maximum Gasteiger partial charge on any atom is 0.00908 e. The predicted octanol–water partition coefficient (Wildman–Crippen LogP) is 4.54. The van der Waals surface area contributed by atoms with E-state index in [0.29, 0.717) is 5.41 Å². The van der Waals surface area contributed by atoms with Gasteiger partial charge in [0.05, 0.1) is 0 Å². The van der Waals surface area contributed by atoms with Gasteiger partial charge in [-0.1, -0.05) is 48.7 Å². The lowest BCUT2D eigenvalue weighted by Gasteiger charge is -2.29. The Morgan fingerprint density at radius 1 is 1.42 bits per heavy atom. The van der Waals surface area contributed by atoms with Gasteiger partial charge < -0.3 is 0 Å². The number of hydrogen-bond acceptors (Lipinski definition) is 0. The van der Waals surface area contributed by atoms with Crippen LogP contribution in [0.2, 0.25) is 0 Å². The zero-order valence-corrected chi connectivity index (χ0v) is 9.99. The molecule has 0 amide bonds. The van der Waals surface area contributed by atoms with Gasteiger partial charge in [-0.3, -0.25) is 0 Å². The van der Waals surface area contributed by atoms with Gasteiger partial charge in [0.2, 0.25) is 0 Å². The average molecular weight is 233 g/mol. The van der Waals surface area contributed by atoms with Crippen LogP contribution in [0.4, 0.5) is 0 Å². The van der Waals surface area contributed by atoms with Crippen LogP contribution in [0.1, 0.15) is 46.0 Å². The summed E-state index contributed by atoms with van der Waals surface area (Å²) < 4.78 is 0. The maximum absolute atomic E-state index is 3.83. The Morgan fingerprint density at radius 3 is 2.42 bits per heavy atom. The molecule has 0 aliphatic heterocycles. The van der Waals surface area contributed by atoms with Gasteiger partial charge in [0, 0.05) is 5.33 Å². The van der Waals surface area contributed by atoms with Gasteiger partial charge in [-0.25, -0.2) is 0 Å². The van der Waals surface area contributed by atoms with Crippen molar-refractivity contribution in [2.24, 2.45) is 5.41 Å². The molecule has 0 rings (SSSR count). The van der Waals surface area contributed by atoms with Gasteiger partial charge in [0.1, 0.15) is 0 Å². The molecule has 0 aromatic heterocycles. The third-order valence-electron chi connectivity index (χ3n) is 2.67. The first-order chi connectivity index (χ1) is 5.74. The molecule has 0 spiro atoms. The van der Waals surface area contributed by atoms with Gasteiger partial charge in [-0.05, 0) is 24.7 Å². The Hall–Kier alpha value is 0.220. The smallest absolute Gasteiger partial charge is 0.00908 e. The zero-order valence-electron chi connectivity index (χ0n) is 8.41. The first-order valence-corrected chi connectivity index (χ1v) is 6.03. The van der Waals surface area contributed by atoms with E-state index in [1.807, 2.05) is 0 Å². The number of hydrogen-bond donors (Lipinski definition) is 0. The molecule has 12 heavy (non-hydrogen) atoms. The predicted molar refractivity (Wildman–Crippen MR) is 60.9 cm³/mol. The molecule has 0 bridgehead atoms. The summed E-state index contributed by atoms with van der Waals surface area (Å²) in [6.07, 6.45) is 8.43. The molecule has 0 radical (unpaired) electrons. The fourth-order valence-corrected chi connectivity index (χ4v) is 2.40. The van der Waals surface area contributed by atoms with Crippen LogP contribution in [0, 0.1) is 5.41 Å². The van der Waals surface area contributed by atoms with Gasteiger partial charge >= 0.3 is 0 Å². The summed E-state index contributed by atoms with van der Waals surface area (Å²) in [5.41, 5.74) is 0.484. The number of alkyl halides is 1. The van der Waals surface area contributed by atoms with Crippen LogP contribution in [-0.4, -0.2) is 5.33 Å². The van der Waals surface area contributed by atoms with Crippen molar-refractivity contribution in [1.82, 2.24) is 0 Å². The fourth-order valence-electron chi connectivity index (χ4n) is 1.50. The summed E-state index contributed by atoms with van der Waals surface area (Å²) in [5, 5.41) is 1.11. The second-order valence-electron chi connectivity index (χ2n) is 3.58. The largest absolute Gasteiger partial charge is 0.103 e. The van der Waals surface area contributed by atoms with Crippen LogP contribution in [0.25, 0.3) is 0 Å². The van der Waals surface area contributed by atoms with Crippen molar-refractivity contribution in [1.29, 1.82) is 0 Å². The monoisotopic (exact) mass is 232 g/mol. The van der Waals surface area contributed by atoms with Crippen LogP contribution in [0.15, 0.2) is 12.7 Å². The molecule has 0 aliphatic carbocycles. The minimum Gasteiger partial charge on any atom is -0.103 e. The van der Waals surface area contributed by atoms with E-state index in [9.17, 15) is 0 Å².